The van der Waals surface area contributed by atoms with Gasteiger partial charge in [0.2, 0.25) is 0 Å². The van der Waals surface area contributed by atoms with Crippen LogP contribution in [0.15, 0.2) is 75.6 Å². The first-order chi connectivity index (χ1) is 19.5. The molecule has 0 spiro atoms. The molecule has 1 atom stereocenters. The predicted molar refractivity (Wildman–Crippen MR) is 152 cm³/mol. The number of para-hydroxylation sites is 1. The van der Waals surface area contributed by atoms with Crippen LogP contribution >= 0.6 is 23.2 Å². The van der Waals surface area contributed by atoms with Gasteiger partial charge in [0.25, 0.3) is 5.89 Å². The van der Waals surface area contributed by atoms with Crippen molar-refractivity contribution in [2.45, 2.75) is 19.1 Å². The molecular weight excluding hydrogens is 549 g/mol. The van der Waals surface area contributed by atoms with Crippen molar-refractivity contribution in [1.29, 1.82) is 0 Å². The van der Waals surface area contributed by atoms with Gasteiger partial charge in [0.1, 0.15) is 29.7 Å². The largest absolute Gasteiger partial charge is 0.491 e. The maximum absolute atomic E-state index is 7.05. The Kier molecular flexibility index (Phi) is 5.05. The number of aryl methyl sites for hydroxylation is 1. The summed E-state index contributed by atoms with van der Waals surface area (Å²) in [5.41, 5.74) is 4.97. The van der Waals surface area contributed by atoms with Crippen LogP contribution in [0.3, 0.4) is 0 Å². The molecule has 198 valence electrons. The SMILES string of the molecule is COCn1c(Cl)c2c3c(cccc31)-c1cccc3c1OC[C@@]3(c1ccccc1)c1oc(C)nc1-c1nc(Cl)c-2o1. The van der Waals surface area contributed by atoms with Gasteiger partial charge in [-0.2, -0.15) is 4.98 Å². The molecule has 6 aromatic rings. The Bertz CT molecular complexity index is 1970. The monoisotopic (exact) mass is 569 g/mol. The number of fused-ring (bicyclic) bond motifs is 7. The van der Waals surface area contributed by atoms with E-state index in [4.69, 9.17) is 46.5 Å². The minimum Gasteiger partial charge on any atom is -0.491 e. The lowest BCUT2D eigenvalue weighted by Crippen LogP contribution is -2.31. The lowest BCUT2D eigenvalue weighted by atomic mass is 9.73. The van der Waals surface area contributed by atoms with E-state index in [9.17, 15) is 0 Å². The van der Waals surface area contributed by atoms with Crippen LogP contribution in [-0.2, 0) is 16.9 Å². The van der Waals surface area contributed by atoms with Crippen molar-refractivity contribution >= 4 is 34.1 Å². The molecule has 0 radical (unpaired) electrons. The summed E-state index contributed by atoms with van der Waals surface area (Å²) in [4.78, 5) is 9.40. The molecule has 0 amide bonds. The lowest BCUT2D eigenvalue weighted by molar-refractivity contribution is 0.135. The third kappa shape index (κ3) is 3.00. The number of halogens is 2. The van der Waals surface area contributed by atoms with Gasteiger partial charge in [-0.25, -0.2) is 4.98 Å². The third-order valence-corrected chi connectivity index (χ3v) is 8.54. The summed E-state index contributed by atoms with van der Waals surface area (Å²) >= 11 is 13.9. The van der Waals surface area contributed by atoms with Crippen molar-refractivity contribution in [2.24, 2.45) is 0 Å². The fraction of sp³-hybridized carbons (Fsp3) is 0.161. The van der Waals surface area contributed by atoms with E-state index in [1.54, 1.807) is 7.11 Å². The minimum atomic E-state index is -0.806. The molecule has 7 nitrogen and oxygen atoms in total. The van der Waals surface area contributed by atoms with Crippen LogP contribution < -0.4 is 4.74 Å². The number of oxazole rings is 2. The summed E-state index contributed by atoms with van der Waals surface area (Å²) in [6, 6.07) is 22.4. The Labute approximate surface area is 238 Å². The summed E-state index contributed by atoms with van der Waals surface area (Å²) < 4.78 is 26.9. The highest BCUT2D eigenvalue weighted by molar-refractivity contribution is 6.38. The fourth-order valence-corrected chi connectivity index (χ4v) is 6.79. The first-order valence-electron chi connectivity index (χ1n) is 12.8. The molecule has 0 saturated carbocycles. The Morgan fingerprint density at radius 3 is 2.58 bits per heavy atom. The zero-order valence-electron chi connectivity index (χ0n) is 21.5. The highest BCUT2D eigenvalue weighted by Gasteiger charge is 2.50. The van der Waals surface area contributed by atoms with Gasteiger partial charge < -0.3 is 22.9 Å². The maximum atomic E-state index is 7.05. The molecule has 8 rings (SSSR count). The zero-order chi connectivity index (χ0) is 27.2. The van der Waals surface area contributed by atoms with Gasteiger partial charge in [0, 0.05) is 30.5 Å². The van der Waals surface area contributed by atoms with Crippen LogP contribution in [-0.4, -0.2) is 28.3 Å². The Morgan fingerprint density at radius 2 is 1.75 bits per heavy atom. The van der Waals surface area contributed by atoms with Gasteiger partial charge in [-0.1, -0.05) is 83.9 Å². The summed E-state index contributed by atoms with van der Waals surface area (Å²) in [5, 5.41) is 1.47. The Balaban J connectivity index is 1.59. The number of hydrogen-bond acceptors (Lipinski definition) is 6. The van der Waals surface area contributed by atoms with Crippen molar-refractivity contribution in [3.05, 3.63) is 99.8 Å². The molecule has 6 bridgehead atoms. The van der Waals surface area contributed by atoms with E-state index in [2.05, 4.69) is 41.4 Å². The quantitative estimate of drug-likeness (QED) is 0.216. The number of methoxy groups -OCH3 is 1. The van der Waals surface area contributed by atoms with E-state index < -0.39 is 5.41 Å². The summed E-state index contributed by atoms with van der Waals surface area (Å²) in [6.07, 6.45) is 0. The van der Waals surface area contributed by atoms with Gasteiger partial charge in [0.15, 0.2) is 28.3 Å². The van der Waals surface area contributed by atoms with Crippen LogP contribution in [0.1, 0.15) is 22.8 Å². The summed E-state index contributed by atoms with van der Waals surface area (Å²) in [7, 11) is 1.63. The van der Waals surface area contributed by atoms with E-state index >= 15 is 0 Å². The molecule has 3 aromatic carbocycles. The lowest BCUT2D eigenvalue weighted by Gasteiger charge is -2.27. The van der Waals surface area contributed by atoms with Crippen molar-refractivity contribution < 1.29 is 18.3 Å². The van der Waals surface area contributed by atoms with E-state index in [1.807, 2.05) is 41.8 Å². The van der Waals surface area contributed by atoms with Gasteiger partial charge in [0.05, 0.1) is 11.1 Å². The molecule has 40 heavy (non-hydrogen) atoms. The average molecular weight is 570 g/mol. The Morgan fingerprint density at radius 1 is 0.950 bits per heavy atom. The molecule has 0 saturated heterocycles. The molecule has 2 aliphatic rings. The zero-order valence-corrected chi connectivity index (χ0v) is 23.0. The van der Waals surface area contributed by atoms with Crippen molar-refractivity contribution in [3.8, 4) is 39.8 Å². The second-order valence-electron chi connectivity index (χ2n) is 10.0. The first-order valence-corrected chi connectivity index (χ1v) is 13.6. The van der Waals surface area contributed by atoms with E-state index in [-0.39, 0.29) is 17.8 Å². The Hall–Kier alpha value is -4.04. The average Bonchev–Trinajstić information content (AvgIpc) is 3.72. The molecule has 3 aromatic heterocycles. The number of benzene rings is 3. The van der Waals surface area contributed by atoms with E-state index in [0.717, 1.165) is 38.9 Å². The second-order valence-corrected chi connectivity index (χ2v) is 10.7. The fourth-order valence-electron chi connectivity index (χ4n) is 6.26. The first kappa shape index (κ1) is 23.8. The molecular formula is C31H21Cl2N3O4. The van der Waals surface area contributed by atoms with Crippen LogP contribution in [0.25, 0.3) is 44.9 Å². The normalized spacial score (nSPS) is 16.9. The summed E-state index contributed by atoms with van der Waals surface area (Å²) in [6.45, 7) is 2.36. The minimum absolute atomic E-state index is 0.180. The highest BCUT2D eigenvalue weighted by Crippen LogP contribution is 2.56. The maximum Gasteiger partial charge on any atom is 0.250 e. The third-order valence-electron chi connectivity index (χ3n) is 7.89. The van der Waals surface area contributed by atoms with E-state index in [0.29, 0.717) is 40.4 Å². The van der Waals surface area contributed by atoms with Crippen molar-refractivity contribution in [2.75, 3.05) is 13.7 Å². The molecule has 9 heteroatoms. The van der Waals surface area contributed by atoms with Gasteiger partial charge in [-0.05, 0) is 17.2 Å². The highest BCUT2D eigenvalue weighted by atomic mass is 35.5. The van der Waals surface area contributed by atoms with E-state index in [1.165, 1.54) is 0 Å². The molecule has 0 N–H and O–H groups in total. The van der Waals surface area contributed by atoms with Crippen LogP contribution in [0.2, 0.25) is 10.3 Å². The van der Waals surface area contributed by atoms with Crippen molar-refractivity contribution in [3.63, 3.8) is 0 Å². The van der Waals surface area contributed by atoms with Crippen LogP contribution in [0.5, 0.6) is 5.75 Å². The van der Waals surface area contributed by atoms with Gasteiger partial charge in [-0.3, -0.25) is 0 Å². The van der Waals surface area contributed by atoms with Gasteiger partial charge >= 0.3 is 0 Å². The standard InChI is InChI=1S/C31H21Cl2N3O4/c1-16-34-24-27(39-16)31(17-8-4-3-5-9-17)14-38-25-19(11-6-12-20(25)31)18-10-7-13-21-22(18)23(29(33)36(21)15-37-2)26-28(32)35-30(24)40-26/h3-13H,14-15H2,1-2H3/t31-/m0/s1. The molecule has 0 unspecified atom stereocenters. The van der Waals surface area contributed by atoms with Crippen LogP contribution in [0.4, 0.5) is 0 Å². The number of aromatic nitrogens is 3. The predicted octanol–water partition coefficient (Wildman–Crippen LogP) is 7.88. The number of ether oxygens (including phenoxy) is 2. The molecule has 0 aliphatic carbocycles. The second kappa shape index (κ2) is 8.48. The van der Waals surface area contributed by atoms with Gasteiger partial charge in [-0.15, -0.1) is 0 Å². The summed E-state index contributed by atoms with van der Waals surface area (Å²) in [5.74, 6) is 2.43. The smallest absolute Gasteiger partial charge is 0.250 e. The molecule has 0 fully saturated rings. The van der Waals surface area contributed by atoms with Crippen molar-refractivity contribution in [1.82, 2.24) is 14.5 Å². The number of hydrogen-bond donors (Lipinski definition) is 0. The molecule has 2 aliphatic heterocycles. The molecule has 5 heterocycles. The topological polar surface area (TPSA) is 75.5 Å². The number of nitrogens with zero attached hydrogens (tertiary/aromatic N) is 3. The number of rotatable bonds is 3. The van der Waals surface area contributed by atoms with Crippen LogP contribution in [0, 0.1) is 6.92 Å².